The fourth-order valence-corrected chi connectivity index (χ4v) is 7.52. The molecule has 0 saturated carbocycles. The van der Waals surface area contributed by atoms with Gasteiger partial charge in [-0.3, -0.25) is 4.90 Å². The van der Waals surface area contributed by atoms with Crippen LogP contribution >= 0.6 is 0 Å². The summed E-state index contributed by atoms with van der Waals surface area (Å²) >= 11 is 0. The van der Waals surface area contributed by atoms with E-state index in [0.717, 1.165) is 0 Å². The largest absolute Gasteiger partial charge is 0.440 e. The van der Waals surface area contributed by atoms with Gasteiger partial charge in [-0.05, 0) is 99.8 Å². The average Bonchev–Trinajstić information content (AvgIpc) is 3.57. The van der Waals surface area contributed by atoms with E-state index in [1.54, 1.807) is 60.6 Å². The molecule has 5 aromatic carbocycles. The molecule has 1 aromatic heterocycles. The molecule has 0 saturated heterocycles. The first kappa shape index (κ1) is 19.1. The van der Waals surface area contributed by atoms with Crippen LogP contribution in [0.4, 0.5) is 34.3 Å². The van der Waals surface area contributed by atoms with E-state index in [2.05, 4.69) is 0 Å². The zero-order valence-corrected chi connectivity index (χ0v) is 30.5. The fraction of sp³-hybridized carbons (Fsp3) is 0.273. The summed E-state index contributed by atoms with van der Waals surface area (Å²) in [7, 11) is -2.68. The number of para-hydroxylation sites is 1. The standard InChI is InChI=1S/C44H47BN2OSi/c1-28-24-37-41-38(25-28)47(31-14-12-11-13-15-31)42-40(34-26-30(44(5,6)7)18-23-39(34)48-42)45(41)35-22-21-33(49(8,9)10)27-36(35)46(37)32-19-16-29(17-20-32)43(2,3)4/h11-27H,1-10H3/i11D,12D,13D,14D,15D,16D,17D,18D,19D,20D,21D,22D,23D,26D,27D. The van der Waals surface area contributed by atoms with Crippen LogP contribution < -0.4 is 31.4 Å². The Morgan fingerprint density at radius 1 is 0.653 bits per heavy atom. The van der Waals surface area contributed by atoms with E-state index in [1.807, 2.05) is 19.6 Å². The minimum absolute atomic E-state index is 0.0270. The second-order valence-electron chi connectivity index (χ2n) is 16.1. The normalized spacial score (nSPS) is 18.5. The van der Waals surface area contributed by atoms with E-state index < -0.39 is 67.9 Å². The van der Waals surface area contributed by atoms with Gasteiger partial charge in [0.1, 0.15) is 5.58 Å². The summed E-state index contributed by atoms with van der Waals surface area (Å²) < 4.78 is 147. The smallest absolute Gasteiger partial charge is 0.257 e. The predicted octanol–water partition coefficient (Wildman–Crippen LogP) is 9.96. The molecular formula is C44H47BN2OSi. The number of aryl methyl sites for hydroxylation is 1. The van der Waals surface area contributed by atoms with Crippen molar-refractivity contribution < 1.29 is 25.0 Å². The SMILES string of the molecule is [2H]c1c([2H])c([2H])c(N2c3cc(C)cc4c3B(c3c([2H])c([2H])c([Si](C)(C)C)c([2H])c3N4c3c([2H])c([2H])c(C(C)(C)C)c([2H])c3[2H])c3c2oc2c([2H])c([2H])c(C(C)(C)C)c([2H])c32)c([2H])c1[2H]. The van der Waals surface area contributed by atoms with Crippen molar-refractivity contribution >= 4 is 81.7 Å². The number of anilines is 6. The Bertz CT molecular complexity index is 3050. The molecule has 0 aliphatic carbocycles. The molecule has 8 rings (SSSR count). The summed E-state index contributed by atoms with van der Waals surface area (Å²) in [6.45, 7) is 17.1. The van der Waals surface area contributed by atoms with Gasteiger partial charge in [0.15, 0.2) is 0 Å². The van der Waals surface area contributed by atoms with Crippen LogP contribution in [0.2, 0.25) is 19.6 Å². The van der Waals surface area contributed by atoms with Crippen molar-refractivity contribution in [3.8, 4) is 0 Å². The molecule has 0 fully saturated rings. The second-order valence-corrected chi connectivity index (χ2v) is 21.1. The molecular weight excluding hydrogens is 611 g/mol. The number of fused-ring (bicyclic) bond motifs is 6. The van der Waals surface area contributed by atoms with Crippen LogP contribution in [0.15, 0.2) is 107 Å². The first-order chi connectivity index (χ1) is 29.4. The van der Waals surface area contributed by atoms with Crippen molar-refractivity contribution in [2.75, 3.05) is 9.80 Å². The van der Waals surface area contributed by atoms with E-state index in [9.17, 15) is 15.1 Å². The molecule has 0 atom stereocenters. The van der Waals surface area contributed by atoms with Crippen molar-refractivity contribution in [1.82, 2.24) is 0 Å². The van der Waals surface area contributed by atoms with Gasteiger partial charge < -0.3 is 9.32 Å². The number of rotatable bonds is 3. The highest BCUT2D eigenvalue weighted by atomic mass is 28.3. The van der Waals surface area contributed by atoms with Crippen LogP contribution in [-0.4, -0.2) is 14.8 Å². The first-order valence-corrected chi connectivity index (χ1v) is 20.0. The average molecular weight is 674 g/mol. The summed E-state index contributed by atoms with van der Waals surface area (Å²) in [4.78, 5) is 2.79. The minimum atomic E-state index is -2.68. The van der Waals surface area contributed by atoms with Crippen LogP contribution in [0.1, 0.15) is 78.8 Å². The maximum absolute atomic E-state index is 10.1. The Labute approximate surface area is 314 Å². The Balaban J connectivity index is 1.69. The van der Waals surface area contributed by atoms with Gasteiger partial charge in [0.2, 0.25) is 5.88 Å². The monoisotopic (exact) mass is 673 g/mol. The van der Waals surface area contributed by atoms with Gasteiger partial charge >= 0.3 is 0 Å². The summed E-state index contributed by atoms with van der Waals surface area (Å²) in [5, 5.41) is 0.377. The molecule has 246 valence electrons. The maximum Gasteiger partial charge on any atom is 0.257 e. The Hall–Kier alpha value is -4.48. The molecule has 3 heterocycles. The molecule has 0 N–H and O–H groups in total. The van der Waals surface area contributed by atoms with Gasteiger partial charge in [0, 0.05) is 39.3 Å². The third-order valence-electron chi connectivity index (χ3n) is 9.15. The zero-order chi connectivity index (χ0) is 47.7. The maximum atomic E-state index is 10.1. The third-order valence-corrected chi connectivity index (χ3v) is 10.9. The lowest BCUT2D eigenvalue weighted by molar-refractivity contribution is 0.589. The van der Waals surface area contributed by atoms with Gasteiger partial charge in [-0.25, -0.2) is 0 Å². The zero-order valence-electron chi connectivity index (χ0n) is 44.5. The Morgan fingerprint density at radius 3 is 1.90 bits per heavy atom. The van der Waals surface area contributed by atoms with E-state index in [0.29, 0.717) is 10.8 Å². The molecule has 0 spiro atoms. The lowest BCUT2D eigenvalue weighted by Crippen LogP contribution is -2.61. The molecule has 0 bridgehead atoms. The topological polar surface area (TPSA) is 19.6 Å². The molecule has 0 unspecified atom stereocenters. The van der Waals surface area contributed by atoms with Crippen molar-refractivity contribution in [1.29, 1.82) is 0 Å². The molecule has 6 aromatic rings. The number of hydrogen-bond donors (Lipinski definition) is 0. The quantitative estimate of drug-likeness (QED) is 0.174. The molecule has 2 aliphatic heterocycles. The first-order valence-electron chi connectivity index (χ1n) is 24.0. The number of hydrogen-bond acceptors (Lipinski definition) is 3. The van der Waals surface area contributed by atoms with Gasteiger partial charge in [-0.2, -0.15) is 0 Å². The predicted molar refractivity (Wildman–Crippen MR) is 215 cm³/mol. The van der Waals surface area contributed by atoms with Crippen LogP contribution in [0.5, 0.6) is 0 Å². The molecule has 3 nitrogen and oxygen atoms in total. The van der Waals surface area contributed by atoms with Crippen LogP contribution in [0, 0.1) is 6.92 Å². The van der Waals surface area contributed by atoms with Crippen molar-refractivity contribution in [3.05, 3.63) is 119 Å². The Morgan fingerprint density at radius 2 is 1.27 bits per heavy atom. The number of benzene rings is 5. The highest BCUT2D eigenvalue weighted by molar-refractivity contribution is 7.01. The molecule has 0 radical (unpaired) electrons. The lowest BCUT2D eigenvalue weighted by atomic mass is 9.33. The van der Waals surface area contributed by atoms with Gasteiger partial charge in [-0.1, -0.05) is 115 Å². The highest BCUT2D eigenvalue weighted by Crippen LogP contribution is 2.46. The second kappa shape index (κ2) is 10.8. The fourth-order valence-electron chi connectivity index (χ4n) is 6.59. The van der Waals surface area contributed by atoms with E-state index in [1.165, 1.54) is 9.80 Å². The van der Waals surface area contributed by atoms with Crippen molar-refractivity contribution in [3.63, 3.8) is 0 Å². The van der Waals surface area contributed by atoms with E-state index in [4.69, 9.17) is 9.90 Å². The number of furan rings is 1. The summed E-state index contributed by atoms with van der Waals surface area (Å²) in [5.74, 6) is -0.153. The van der Waals surface area contributed by atoms with E-state index >= 15 is 0 Å². The van der Waals surface area contributed by atoms with E-state index in [-0.39, 0.29) is 121 Å². The van der Waals surface area contributed by atoms with Gasteiger partial charge in [0.05, 0.1) is 28.6 Å². The van der Waals surface area contributed by atoms with Gasteiger partial charge in [-0.15, -0.1) is 0 Å². The summed E-state index contributed by atoms with van der Waals surface area (Å²) in [6, 6.07) is -2.66. The highest BCUT2D eigenvalue weighted by Gasteiger charge is 2.46. The summed E-state index contributed by atoms with van der Waals surface area (Å²) in [6.07, 6.45) is 0. The minimum Gasteiger partial charge on any atom is -0.440 e. The Kier molecular flexibility index (Phi) is 4.18. The summed E-state index contributed by atoms with van der Waals surface area (Å²) in [5.41, 5.74) is -0.603. The van der Waals surface area contributed by atoms with Crippen LogP contribution in [-0.2, 0) is 10.8 Å². The molecule has 2 aliphatic rings. The van der Waals surface area contributed by atoms with Crippen LogP contribution in [0.25, 0.3) is 11.0 Å². The van der Waals surface area contributed by atoms with Crippen LogP contribution in [0.3, 0.4) is 0 Å². The molecule has 5 heteroatoms. The number of nitrogens with zero attached hydrogens (tertiary/aromatic N) is 2. The molecule has 49 heavy (non-hydrogen) atoms. The lowest BCUT2D eigenvalue weighted by Gasteiger charge is -2.43. The molecule has 0 amide bonds. The third kappa shape index (κ3) is 5.08. The van der Waals surface area contributed by atoms with Crippen molar-refractivity contribution in [2.45, 2.75) is 78.9 Å². The van der Waals surface area contributed by atoms with Gasteiger partial charge in [0.25, 0.3) is 6.71 Å². The van der Waals surface area contributed by atoms with Crippen molar-refractivity contribution in [2.24, 2.45) is 0 Å².